The molecule has 1 aliphatic rings. The van der Waals surface area contributed by atoms with E-state index in [2.05, 4.69) is 44.3 Å². The highest BCUT2D eigenvalue weighted by Crippen LogP contribution is 2.33. The van der Waals surface area contributed by atoms with Crippen LogP contribution in [0.1, 0.15) is 68.1 Å². The van der Waals surface area contributed by atoms with Gasteiger partial charge in [0, 0.05) is 6.04 Å². The second-order valence-corrected chi connectivity index (χ2v) is 6.23. The molecule has 0 saturated heterocycles. The second kappa shape index (κ2) is 7.09. The highest BCUT2D eigenvalue weighted by Gasteiger charge is 2.22. The average molecular weight is 259 g/mol. The molecule has 0 amide bonds. The zero-order chi connectivity index (χ0) is 13.7. The molecule has 19 heavy (non-hydrogen) atoms. The van der Waals surface area contributed by atoms with Crippen LogP contribution in [-0.2, 0) is 0 Å². The van der Waals surface area contributed by atoms with E-state index in [-0.39, 0.29) is 0 Å². The summed E-state index contributed by atoms with van der Waals surface area (Å²) in [5, 5.41) is 3.74. The molecule has 1 nitrogen and oxygen atoms in total. The molecule has 1 aliphatic carbocycles. The lowest BCUT2D eigenvalue weighted by Crippen LogP contribution is -2.30. The van der Waals surface area contributed by atoms with Crippen molar-refractivity contribution in [3.05, 3.63) is 34.9 Å². The first-order valence-corrected chi connectivity index (χ1v) is 8.01. The molecule has 106 valence electrons. The summed E-state index contributed by atoms with van der Waals surface area (Å²) in [6.45, 7) is 7.90. The standard InChI is InChI=1S/C18H29N/c1-4-11-19-17-8-6-5-7-16(13-17)18-10-9-14(2)12-15(18)3/h9-10,12,16-17,19H,4-8,11,13H2,1-3H3. The Kier molecular flexibility index (Phi) is 5.45. The van der Waals surface area contributed by atoms with Gasteiger partial charge in [-0.15, -0.1) is 0 Å². The molecule has 2 atom stereocenters. The van der Waals surface area contributed by atoms with Gasteiger partial charge in [0.05, 0.1) is 0 Å². The van der Waals surface area contributed by atoms with Gasteiger partial charge in [-0.3, -0.25) is 0 Å². The minimum absolute atomic E-state index is 0.730. The topological polar surface area (TPSA) is 12.0 Å². The number of hydrogen-bond donors (Lipinski definition) is 1. The van der Waals surface area contributed by atoms with Crippen molar-refractivity contribution in [2.24, 2.45) is 0 Å². The van der Waals surface area contributed by atoms with Crippen LogP contribution in [0.5, 0.6) is 0 Å². The Balaban J connectivity index is 2.08. The first-order valence-electron chi connectivity index (χ1n) is 8.01. The van der Waals surface area contributed by atoms with Gasteiger partial charge in [0.2, 0.25) is 0 Å². The molecule has 0 spiro atoms. The van der Waals surface area contributed by atoms with Crippen LogP contribution < -0.4 is 5.32 Å². The summed E-state index contributed by atoms with van der Waals surface area (Å²) in [7, 11) is 0. The molecule has 0 heterocycles. The van der Waals surface area contributed by atoms with Crippen molar-refractivity contribution in [1.82, 2.24) is 5.32 Å². The van der Waals surface area contributed by atoms with E-state index in [9.17, 15) is 0 Å². The van der Waals surface area contributed by atoms with Crippen LogP contribution in [0.15, 0.2) is 18.2 Å². The third kappa shape index (κ3) is 4.07. The molecule has 1 heteroatoms. The molecular weight excluding hydrogens is 230 g/mol. The Bertz CT molecular complexity index is 397. The van der Waals surface area contributed by atoms with Gasteiger partial charge in [-0.2, -0.15) is 0 Å². The molecule has 0 radical (unpaired) electrons. The number of rotatable bonds is 4. The number of aryl methyl sites for hydroxylation is 2. The first-order chi connectivity index (χ1) is 9.20. The van der Waals surface area contributed by atoms with Crippen molar-refractivity contribution < 1.29 is 0 Å². The summed E-state index contributed by atoms with van der Waals surface area (Å²) in [6, 6.07) is 7.72. The molecule has 1 aromatic carbocycles. The zero-order valence-corrected chi connectivity index (χ0v) is 12.8. The average Bonchev–Trinajstić information content (AvgIpc) is 2.62. The highest BCUT2D eigenvalue weighted by molar-refractivity contribution is 5.33. The van der Waals surface area contributed by atoms with Crippen molar-refractivity contribution in [2.45, 2.75) is 71.3 Å². The molecule has 1 fully saturated rings. The van der Waals surface area contributed by atoms with E-state index >= 15 is 0 Å². The van der Waals surface area contributed by atoms with Gasteiger partial charge < -0.3 is 5.32 Å². The predicted molar refractivity (Wildman–Crippen MR) is 83.8 cm³/mol. The van der Waals surface area contributed by atoms with E-state index in [0.717, 1.165) is 12.0 Å². The maximum Gasteiger partial charge on any atom is 0.00728 e. The van der Waals surface area contributed by atoms with E-state index in [4.69, 9.17) is 0 Å². The van der Waals surface area contributed by atoms with Crippen molar-refractivity contribution in [2.75, 3.05) is 6.54 Å². The van der Waals surface area contributed by atoms with E-state index in [1.807, 2.05) is 0 Å². The van der Waals surface area contributed by atoms with Gasteiger partial charge in [-0.05, 0) is 63.1 Å². The lowest BCUT2D eigenvalue weighted by atomic mass is 9.87. The van der Waals surface area contributed by atoms with Crippen LogP contribution >= 0.6 is 0 Å². The third-order valence-corrected chi connectivity index (χ3v) is 4.47. The number of nitrogens with one attached hydrogen (secondary N) is 1. The lowest BCUT2D eigenvalue weighted by Gasteiger charge is -2.23. The van der Waals surface area contributed by atoms with Crippen molar-refractivity contribution in [1.29, 1.82) is 0 Å². The predicted octanol–water partition coefficient (Wildman–Crippen LogP) is 4.72. The Morgan fingerprint density at radius 1 is 1.16 bits per heavy atom. The minimum atomic E-state index is 0.730. The molecule has 1 N–H and O–H groups in total. The SMILES string of the molecule is CCCNC1CCCCC(c2ccc(C)cc2C)C1. The normalized spacial score (nSPS) is 24.2. The molecular formula is C18H29N. The first kappa shape index (κ1) is 14.6. The van der Waals surface area contributed by atoms with E-state index in [1.165, 1.54) is 56.2 Å². The third-order valence-electron chi connectivity index (χ3n) is 4.47. The van der Waals surface area contributed by atoms with E-state index in [1.54, 1.807) is 5.56 Å². The maximum absolute atomic E-state index is 3.74. The Morgan fingerprint density at radius 2 is 1.95 bits per heavy atom. The van der Waals surface area contributed by atoms with Gasteiger partial charge >= 0.3 is 0 Å². The molecule has 0 bridgehead atoms. The summed E-state index contributed by atoms with van der Waals surface area (Å²) in [6.07, 6.45) is 8.08. The van der Waals surface area contributed by atoms with Crippen LogP contribution in [0.25, 0.3) is 0 Å². The fourth-order valence-corrected chi connectivity index (χ4v) is 3.46. The van der Waals surface area contributed by atoms with Gasteiger partial charge in [-0.1, -0.05) is 43.5 Å². The minimum Gasteiger partial charge on any atom is -0.314 e. The second-order valence-electron chi connectivity index (χ2n) is 6.23. The lowest BCUT2D eigenvalue weighted by molar-refractivity contribution is 0.439. The van der Waals surface area contributed by atoms with E-state index < -0.39 is 0 Å². The summed E-state index contributed by atoms with van der Waals surface area (Å²) >= 11 is 0. The quantitative estimate of drug-likeness (QED) is 0.772. The van der Waals surface area contributed by atoms with E-state index in [0.29, 0.717) is 0 Å². The van der Waals surface area contributed by atoms with Crippen LogP contribution in [0.3, 0.4) is 0 Å². The molecule has 0 aliphatic heterocycles. The Labute approximate surface area is 118 Å². The highest BCUT2D eigenvalue weighted by atomic mass is 14.9. The summed E-state index contributed by atoms with van der Waals surface area (Å²) < 4.78 is 0. The van der Waals surface area contributed by atoms with Gasteiger partial charge in [0.15, 0.2) is 0 Å². The molecule has 1 saturated carbocycles. The zero-order valence-electron chi connectivity index (χ0n) is 12.8. The number of benzene rings is 1. The Morgan fingerprint density at radius 3 is 2.68 bits per heavy atom. The molecule has 2 rings (SSSR count). The number of hydrogen-bond acceptors (Lipinski definition) is 1. The van der Waals surface area contributed by atoms with Crippen LogP contribution in [0.2, 0.25) is 0 Å². The summed E-state index contributed by atoms with van der Waals surface area (Å²) in [4.78, 5) is 0. The van der Waals surface area contributed by atoms with Gasteiger partial charge in [0.1, 0.15) is 0 Å². The van der Waals surface area contributed by atoms with Crippen molar-refractivity contribution in [3.8, 4) is 0 Å². The Hall–Kier alpha value is -0.820. The maximum atomic E-state index is 3.74. The van der Waals surface area contributed by atoms with Crippen LogP contribution in [0, 0.1) is 13.8 Å². The van der Waals surface area contributed by atoms with Crippen molar-refractivity contribution in [3.63, 3.8) is 0 Å². The van der Waals surface area contributed by atoms with Crippen molar-refractivity contribution >= 4 is 0 Å². The largest absolute Gasteiger partial charge is 0.314 e. The smallest absolute Gasteiger partial charge is 0.00728 e. The molecule has 2 unspecified atom stereocenters. The van der Waals surface area contributed by atoms with Crippen LogP contribution in [0.4, 0.5) is 0 Å². The fourth-order valence-electron chi connectivity index (χ4n) is 3.46. The summed E-state index contributed by atoms with van der Waals surface area (Å²) in [5.74, 6) is 0.762. The summed E-state index contributed by atoms with van der Waals surface area (Å²) in [5.41, 5.74) is 4.47. The van der Waals surface area contributed by atoms with Crippen LogP contribution in [-0.4, -0.2) is 12.6 Å². The fraction of sp³-hybridized carbons (Fsp3) is 0.667. The van der Waals surface area contributed by atoms with Gasteiger partial charge in [0.25, 0.3) is 0 Å². The monoisotopic (exact) mass is 259 g/mol. The molecule has 0 aromatic heterocycles. The van der Waals surface area contributed by atoms with Gasteiger partial charge in [-0.25, -0.2) is 0 Å². The molecule has 1 aromatic rings.